The van der Waals surface area contributed by atoms with E-state index in [0.717, 1.165) is 0 Å². The molecular formula is C8H14N2O2. The van der Waals surface area contributed by atoms with Crippen LogP contribution in [-0.4, -0.2) is 22.7 Å². The molecule has 4 nitrogen and oxygen atoms in total. The number of nitrogens with one attached hydrogen (secondary N) is 1. The van der Waals surface area contributed by atoms with Gasteiger partial charge in [-0.2, -0.15) is 5.26 Å². The molecule has 0 bridgehead atoms. The highest BCUT2D eigenvalue weighted by atomic mass is 16.3. The second-order valence-corrected chi connectivity index (χ2v) is 3.12. The summed E-state index contributed by atoms with van der Waals surface area (Å²) < 4.78 is 0. The van der Waals surface area contributed by atoms with E-state index >= 15 is 0 Å². The monoisotopic (exact) mass is 170 g/mol. The number of nitrogens with zero attached hydrogens (tertiary/aromatic N) is 1. The third kappa shape index (κ3) is 3.35. The van der Waals surface area contributed by atoms with Gasteiger partial charge in [-0.1, -0.05) is 6.92 Å². The van der Waals surface area contributed by atoms with Crippen LogP contribution in [0.5, 0.6) is 0 Å². The summed E-state index contributed by atoms with van der Waals surface area (Å²) in [5, 5.41) is 20.1. The van der Waals surface area contributed by atoms with Crippen LogP contribution in [0.3, 0.4) is 0 Å². The Hall–Kier alpha value is -1.08. The average Bonchev–Trinajstić information content (AvgIpc) is 1.97. The lowest BCUT2D eigenvalue weighted by Crippen LogP contribution is -2.46. The van der Waals surface area contributed by atoms with Crippen molar-refractivity contribution >= 4 is 5.91 Å². The number of hydrogen-bond donors (Lipinski definition) is 2. The Morgan fingerprint density at radius 1 is 1.75 bits per heavy atom. The van der Waals surface area contributed by atoms with Crippen LogP contribution in [0.2, 0.25) is 0 Å². The summed E-state index contributed by atoms with van der Waals surface area (Å²) in [4.78, 5) is 11.1. The smallest absolute Gasteiger partial charge is 0.252 e. The zero-order chi connectivity index (χ0) is 9.78. The Morgan fingerprint density at radius 3 is 2.50 bits per heavy atom. The minimum absolute atomic E-state index is 0.510. The highest BCUT2D eigenvalue weighted by Crippen LogP contribution is 2.01. The quantitative estimate of drug-likeness (QED) is 0.634. The van der Waals surface area contributed by atoms with Crippen molar-refractivity contribution in [2.45, 2.75) is 38.8 Å². The number of rotatable bonds is 3. The van der Waals surface area contributed by atoms with Gasteiger partial charge in [0.25, 0.3) is 5.91 Å². The molecule has 0 radical (unpaired) electrons. The average molecular weight is 170 g/mol. The highest BCUT2D eigenvalue weighted by molar-refractivity contribution is 5.84. The van der Waals surface area contributed by atoms with Gasteiger partial charge in [-0.15, -0.1) is 0 Å². The minimum atomic E-state index is -1.41. The van der Waals surface area contributed by atoms with Crippen LogP contribution < -0.4 is 5.32 Å². The van der Waals surface area contributed by atoms with Crippen LogP contribution in [-0.2, 0) is 4.79 Å². The first-order valence-corrected chi connectivity index (χ1v) is 3.84. The van der Waals surface area contributed by atoms with E-state index in [0.29, 0.717) is 6.42 Å². The molecule has 0 aliphatic heterocycles. The maximum Gasteiger partial charge on any atom is 0.252 e. The third-order valence-electron chi connectivity index (χ3n) is 1.43. The molecule has 0 rings (SSSR count). The number of carbonyl (C=O) groups excluding carboxylic acids is 1. The molecule has 12 heavy (non-hydrogen) atoms. The molecule has 68 valence electrons. The molecule has 4 heteroatoms. The first kappa shape index (κ1) is 10.9. The maximum atomic E-state index is 11.1. The summed E-state index contributed by atoms with van der Waals surface area (Å²) in [7, 11) is 0. The number of hydrogen-bond acceptors (Lipinski definition) is 3. The van der Waals surface area contributed by atoms with E-state index < -0.39 is 17.6 Å². The lowest BCUT2D eigenvalue weighted by atomic mass is 10.1. The Bertz CT molecular complexity index is 200. The van der Waals surface area contributed by atoms with Crippen LogP contribution in [0, 0.1) is 11.3 Å². The van der Waals surface area contributed by atoms with E-state index in [1.807, 2.05) is 6.07 Å². The molecule has 0 aliphatic carbocycles. The van der Waals surface area contributed by atoms with Gasteiger partial charge in [-0.25, -0.2) is 0 Å². The van der Waals surface area contributed by atoms with Crippen LogP contribution in [0.15, 0.2) is 0 Å². The first-order valence-electron chi connectivity index (χ1n) is 3.84. The van der Waals surface area contributed by atoms with Crippen LogP contribution in [0.1, 0.15) is 27.2 Å². The standard InChI is InChI=1S/C8H14N2O2/c1-4-6(5-9)10-7(11)8(2,3)12/h6,12H,4H2,1-3H3,(H,10,11). The van der Waals surface area contributed by atoms with Gasteiger partial charge in [0.1, 0.15) is 11.6 Å². The van der Waals surface area contributed by atoms with Crippen molar-refractivity contribution < 1.29 is 9.90 Å². The Kier molecular flexibility index (Phi) is 3.71. The molecule has 0 fully saturated rings. The molecule has 1 unspecified atom stereocenters. The van der Waals surface area contributed by atoms with Crippen molar-refractivity contribution in [2.24, 2.45) is 0 Å². The molecule has 0 saturated heterocycles. The van der Waals surface area contributed by atoms with E-state index in [2.05, 4.69) is 5.32 Å². The SMILES string of the molecule is CCC(C#N)NC(=O)C(C)(C)O. The van der Waals surface area contributed by atoms with E-state index in [1.165, 1.54) is 13.8 Å². The summed E-state index contributed by atoms with van der Waals surface area (Å²) in [5.41, 5.74) is -1.41. The lowest BCUT2D eigenvalue weighted by Gasteiger charge is -2.18. The zero-order valence-corrected chi connectivity index (χ0v) is 7.59. The fraction of sp³-hybridized carbons (Fsp3) is 0.750. The van der Waals surface area contributed by atoms with Crippen LogP contribution in [0.25, 0.3) is 0 Å². The topological polar surface area (TPSA) is 73.1 Å². The Balaban J connectivity index is 4.11. The van der Waals surface area contributed by atoms with E-state index in [9.17, 15) is 9.90 Å². The Labute approximate surface area is 72.2 Å². The van der Waals surface area contributed by atoms with Crippen molar-refractivity contribution in [1.82, 2.24) is 5.32 Å². The molecule has 0 heterocycles. The number of carbonyl (C=O) groups is 1. The molecule has 1 atom stereocenters. The summed E-state index contributed by atoms with van der Waals surface area (Å²) in [6.07, 6.45) is 0.540. The fourth-order valence-electron chi connectivity index (χ4n) is 0.560. The second-order valence-electron chi connectivity index (χ2n) is 3.12. The number of aliphatic hydroxyl groups is 1. The van der Waals surface area contributed by atoms with Crippen LogP contribution >= 0.6 is 0 Å². The van der Waals surface area contributed by atoms with E-state index in [1.54, 1.807) is 6.92 Å². The summed E-state index contributed by atoms with van der Waals surface area (Å²) in [6.45, 7) is 4.55. The van der Waals surface area contributed by atoms with E-state index in [-0.39, 0.29) is 0 Å². The molecular weight excluding hydrogens is 156 g/mol. The molecule has 1 amide bonds. The van der Waals surface area contributed by atoms with Crippen molar-refractivity contribution in [1.29, 1.82) is 5.26 Å². The van der Waals surface area contributed by atoms with Crippen molar-refractivity contribution in [2.75, 3.05) is 0 Å². The first-order chi connectivity index (χ1) is 5.41. The maximum absolute atomic E-state index is 11.1. The summed E-state index contributed by atoms with van der Waals surface area (Å²) in [6, 6.07) is 1.40. The van der Waals surface area contributed by atoms with Crippen LogP contribution in [0.4, 0.5) is 0 Å². The highest BCUT2D eigenvalue weighted by Gasteiger charge is 2.25. The Morgan fingerprint density at radius 2 is 2.25 bits per heavy atom. The minimum Gasteiger partial charge on any atom is -0.381 e. The predicted molar refractivity (Wildman–Crippen MR) is 44.1 cm³/mol. The van der Waals surface area contributed by atoms with Gasteiger partial charge in [-0.3, -0.25) is 4.79 Å². The zero-order valence-electron chi connectivity index (χ0n) is 7.59. The largest absolute Gasteiger partial charge is 0.381 e. The lowest BCUT2D eigenvalue weighted by molar-refractivity contribution is -0.136. The van der Waals surface area contributed by atoms with Gasteiger partial charge in [0.05, 0.1) is 6.07 Å². The number of nitriles is 1. The number of amides is 1. The molecule has 0 aromatic rings. The molecule has 0 saturated carbocycles. The summed E-state index contributed by atoms with van der Waals surface area (Å²) >= 11 is 0. The molecule has 0 aromatic heterocycles. The molecule has 0 aromatic carbocycles. The van der Waals surface area contributed by atoms with Gasteiger partial charge in [-0.05, 0) is 20.3 Å². The molecule has 0 aliphatic rings. The third-order valence-corrected chi connectivity index (χ3v) is 1.43. The molecule has 2 N–H and O–H groups in total. The van der Waals surface area contributed by atoms with Crippen molar-refractivity contribution in [3.05, 3.63) is 0 Å². The van der Waals surface area contributed by atoms with E-state index in [4.69, 9.17) is 5.26 Å². The van der Waals surface area contributed by atoms with Crippen molar-refractivity contribution in [3.63, 3.8) is 0 Å². The predicted octanol–water partition coefficient (Wildman–Crippen LogP) is 0.176. The van der Waals surface area contributed by atoms with Gasteiger partial charge in [0.15, 0.2) is 0 Å². The fourth-order valence-corrected chi connectivity index (χ4v) is 0.560. The normalized spacial score (nSPS) is 13.2. The van der Waals surface area contributed by atoms with Gasteiger partial charge >= 0.3 is 0 Å². The van der Waals surface area contributed by atoms with Crippen molar-refractivity contribution in [3.8, 4) is 6.07 Å². The van der Waals surface area contributed by atoms with Gasteiger partial charge in [0.2, 0.25) is 0 Å². The molecule has 0 spiro atoms. The van der Waals surface area contributed by atoms with Gasteiger partial charge < -0.3 is 10.4 Å². The second kappa shape index (κ2) is 4.07. The summed E-state index contributed by atoms with van der Waals surface area (Å²) in [5.74, 6) is -0.518. The van der Waals surface area contributed by atoms with Gasteiger partial charge in [0, 0.05) is 0 Å².